The second-order valence-corrected chi connectivity index (χ2v) is 36.4. The van der Waals surface area contributed by atoms with E-state index in [0.29, 0.717) is 17.5 Å². The van der Waals surface area contributed by atoms with Gasteiger partial charge in [-0.15, -0.1) is 0 Å². The van der Waals surface area contributed by atoms with E-state index in [2.05, 4.69) is 490 Å². The van der Waals surface area contributed by atoms with Crippen LogP contribution in [-0.2, 0) is 0 Å². The summed E-state index contributed by atoms with van der Waals surface area (Å²) in [4.78, 5) is 43.7. The van der Waals surface area contributed by atoms with E-state index in [0.717, 1.165) is 151 Å². The van der Waals surface area contributed by atoms with Crippen LogP contribution in [0.1, 0.15) is 0 Å². The van der Waals surface area contributed by atoms with Crippen LogP contribution in [0, 0.1) is 0 Å². The van der Waals surface area contributed by atoms with Crippen molar-refractivity contribution in [3.05, 3.63) is 547 Å². The molecule has 9 heterocycles. The fraction of sp³-hybridized carbons (Fsp3) is 0. The molecule has 0 N–H and O–H groups in total. The van der Waals surface area contributed by atoms with Crippen molar-refractivity contribution in [3.8, 4) is 186 Å². The Balaban J connectivity index is 0.000000115. The average Bonchev–Trinajstić information content (AvgIpc) is 1.58. The molecule has 0 atom stereocenters. The number of rotatable bonds is 18. The summed E-state index contributed by atoms with van der Waals surface area (Å²) in [5, 5.41) is 7.50. The molecule has 18 aromatic carbocycles. The Labute approximate surface area is 850 Å². The van der Waals surface area contributed by atoms with Gasteiger partial charge in [0.15, 0.2) is 17.5 Å². The topological polar surface area (TPSA) is 131 Å². The lowest BCUT2D eigenvalue weighted by Gasteiger charge is -2.12. The van der Waals surface area contributed by atoms with E-state index < -0.39 is 0 Å². The molecule has 0 saturated heterocycles. The van der Waals surface area contributed by atoms with Gasteiger partial charge in [0.1, 0.15) is 0 Å². The molecule has 0 saturated carbocycles. The number of aromatic nitrogens is 12. The monoisotopic (exact) mass is 1880 g/mol. The lowest BCUT2D eigenvalue weighted by Crippen LogP contribution is -1.97. The summed E-state index contributed by atoms with van der Waals surface area (Å²) in [6.07, 6.45) is 9.15. The van der Waals surface area contributed by atoms with E-state index in [1.807, 2.05) is 79.4 Å². The first-order chi connectivity index (χ1) is 72.8. The van der Waals surface area contributed by atoms with Gasteiger partial charge in [0.25, 0.3) is 0 Å². The summed E-state index contributed by atoms with van der Waals surface area (Å²) in [6, 6.07) is 180. The highest BCUT2D eigenvalue weighted by Crippen LogP contribution is 2.42. The van der Waals surface area contributed by atoms with Crippen LogP contribution in [0.5, 0.6) is 0 Å². The quantitative estimate of drug-likeness (QED) is 0.0824. The van der Waals surface area contributed by atoms with Crippen LogP contribution in [-0.4, -0.2) is 58.6 Å². The molecule has 0 aliphatic heterocycles. The zero-order valence-electron chi connectivity index (χ0n) is 79.8. The van der Waals surface area contributed by atoms with Crippen molar-refractivity contribution in [1.29, 1.82) is 0 Å². The molecule has 9 aromatic heterocycles. The van der Waals surface area contributed by atoms with Crippen LogP contribution in [0.15, 0.2) is 547 Å². The molecule has 0 bridgehead atoms. The fourth-order valence-corrected chi connectivity index (χ4v) is 20.0. The van der Waals surface area contributed by atoms with Gasteiger partial charge >= 0.3 is 0 Å². The van der Waals surface area contributed by atoms with E-state index in [1.165, 1.54) is 82.1 Å². The smallest absolute Gasteiger partial charge is 0.160 e. The highest BCUT2D eigenvalue weighted by atomic mass is 15.0. The SMILES string of the molecule is c1ccc(-c2ccc(-c3nc(-c4ccc(-c5ccccn5)cc4)cc(-c4ccc(-n5c6ccccc6c6ccccc65)cc4)n3)cc2)cc1.c1ccc(-c2ccc(-c3nc(-c4ccc(-c5cccnc5)cc4)cc(-c4ccc(-n5c6ccccc6c6ccccc65)cc4)n3)cc2)cc1.c1ccc(-c2ccc(-c3nc(-c4ccc(-c5ccncc5)cc4)cc(-c4ccc(-n5c6ccccc6c6ccccc65)cc4)n3)cc2)cc1. The first-order valence-electron chi connectivity index (χ1n) is 49.3. The van der Waals surface area contributed by atoms with Crippen molar-refractivity contribution in [1.82, 2.24) is 58.6 Å². The number of nitrogens with zero attached hydrogens (tertiary/aromatic N) is 12. The van der Waals surface area contributed by atoms with Gasteiger partial charge in [-0.05, 0) is 177 Å². The zero-order valence-corrected chi connectivity index (χ0v) is 79.8. The molecule has 0 aliphatic rings. The maximum absolute atomic E-state index is 5.13. The molecule has 12 nitrogen and oxygen atoms in total. The predicted octanol–water partition coefficient (Wildman–Crippen LogP) is 33.9. The zero-order chi connectivity index (χ0) is 97.7. The number of fused-ring (bicyclic) bond motifs is 9. The Morgan fingerprint density at radius 3 is 0.599 bits per heavy atom. The largest absolute Gasteiger partial charge is 0.309 e. The molecule has 0 aliphatic carbocycles. The second kappa shape index (κ2) is 39.6. The van der Waals surface area contributed by atoms with Gasteiger partial charge in [-0.3, -0.25) is 15.0 Å². The molecule has 0 fully saturated rings. The van der Waals surface area contributed by atoms with Gasteiger partial charge in [-0.2, -0.15) is 0 Å². The van der Waals surface area contributed by atoms with Crippen LogP contribution in [0.2, 0.25) is 0 Å². The van der Waals surface area contributed by atoms with Crippen LogP contribution in [0.3, 0.4) is 0 Å². The van der Waals surface area contributed by atoms with Gasteiger partial charge in [0.2, 0.25) is 0 Å². The van der Waals surface area contributed by atoms with Crippen molar-refractivity contribution in [3.63, 3.8) is 0 Å². The number of hydrogen-bond acceptors (Lipinski definition) is 9. The van der Waals surface area contributed by atoms with E-state index in [9.17, 15) is 0 Å². The maximum atomic E-state index is 5.13. The third-order valence-electron chi connectivity index (χ3n) is 27.4. The fourth-order valence-electron chi connectivity index (χ4n) is 20.0. The standard InChI is InChI=1S/3C45H30N4/c1-2-10-31(11-3-1)32-17-23-36(24-18-32)45-47-41(34-21-19-33(20-22-34)40-14-8-9-29-46-40)30-42(48-45)35-25-27-37(28-26-35)49-43-15-6-4-12-38(43)39-13-5-7-16-44(39)49;1-2-9-31(10-3-1)32-18-22-36(23-19-32)45-47-41(34-20-16-33(17-21-34)37-11-8-28-46-30-37)29-42(48-45)35-24-26-38(27-25-35)49-43-14-6-4-12-39(43)40-13-5-7-15-44(40)49;1-2-8-31(9-3-1)32-16-20-37(21-17-32)45-47-41(35-18-14-33(15-19-35)34-26-28-46-29-27-34)30-42(48-45)36-22-24-38(25-23-36)49-43-12-6-4-10-39(43)40-11-5-7-13-44(40)49/h3*1-30H. The number of para-hydroxylation sites is 6. The molecule has 0 radical (unpaired) electrons. The number of benzene rings is 18. The summed E-state index contributed by atoms with van der Waals surface area (Å²) >= 11 is 0. The highest BCUT2D eigenvalue weighted by molar-refractivity contribution is 6.12. The molecule has 0 unspecified atom stereocenters. The van der Waals surface area contributed by atoms with E-state index in [1.54, 1.807) is 6.20 Å². The van der Waals surface area contributed by atoms with Crippen LogP contribution in [0.4, 0.5) is 0 Å². The molecule has 0 amide bonds. The molecule has 0 spiro atoms. The molecule has 690 valence electrons. The third-order valence-corrected chi connectivity index (χ3v) is 27.4. The minimum Gasteiger partial charge on any atom is -0.309 e. The van der Waals surface area contributed by atoms with Crippen molar-refractivity contribution in [2.75, 3.05) is 0 Å². The Kier molecular flexibility index (Phi) is 23.8. The van der Waals surface area contributed by atoms with E-state index in [-0.39, 0.29) is 0 Å². The van der Waals surface area contributed by atoms with Crippen LogP contribution < -0.4 is 0 Å². The summed E-state index contributed by atoms with van der Waals surface area (Å²) < 4.78 is 7.01. The Morgan fingerprint density at radius 1 is 0.129 bits per heavy atom. The minimum absolute atomic E-state index is 0.687. The molecular weight excluding hydrogens is 1790 g/mol. The third kappa shape index (κ3) is 18.0. The number of hydrogen-bond donors (Lipinski definition) is 0. The van der Waals surface area contributed by atoms with Crippen molar-refractivity contribution in [2.24, 2.45) is 0 Å². The molecule has 27 aromatic rings. The van der Waals surface area contributed by atoms with Crippen molar-refractivity contribution in [2.45, 2.75) is 0 Å². The molecule has 12 heteroatoms. The van der Waals surface area contributed by atoms with E-state index in [4.69, 9.17) is 29.9 Å². The molecule has 27 rings (SSSR count). The highest BCUT2D eigenvalue weighted by Gasteiger charge is 2.22. The molecule has 147 heavy (non-hydrogen) atoms. The first kappa shape index (κ1) is 88.5. The predicted molar refractivity (Wildman–Crippen MR) is 604 cm³/mol. The maximum Gasteiger partial charge on any atom is 0.160 e. The van der Waals surface area contributed by atoms with E-state index >= 15 is 0 Å². The van der Waals surface area contributed by atoms with Crippen molar-refractivity contribution >= 4 is 65.4 Å². The van der Waals surface area contributed by atoms with Gasteiger partial charge < -0.3 is 13.7 Å². The van der Waals surface area contributed by atoms with Gasteiger partial charge in [0.05, 0.1) is 73.0 Å². The number of pyridine rings is 3. The van der Waals surface area contributed by atoms with Crippen LogP contribution in [0.25, 0.3) is 251 Å². The average molecular weight is 1880 g/mol. The first-order valence-corrected chi connectivity index (χ1v) is 49.3. The normalized spacial score (nSPS) is 11.3. The Morgan fingerprint density at radius 2 is 0.340 bits per heavy atom. The van der Waals surface area contributed by atoms with Gasteiger partial charge in [-0.1, -0.05) is 394 Å². The molecular formula is C135H90N12. The lowest BCUT2D eigenvalue weighted by atomic mass is 10.0. The van der Waals surface area contributed by atoms with Gasteiger partial charge in [-0.25, -0.2) is 29.9 Å². The minimum atomic E-state index is 0.687. The van der Waals surface area contributed by atoms with Gasteiger partial charge in [0, 0.05) is 136 Å². The van der Waals surface area contributed by atoms with Crippen molar-refractivity contribution < 1.29 is 0 Å². The summed E-state index contributed by atoms with van der Waals surface area (Å²) in [5.41, 5.74) is 38.3. The Hall–Kier alpha value is -20.0. The summed E-state index contributed by atoms with van der Waals surface area (Å²) in [7, 11) is 0. The Bertz CT molecular complexity index is 8070. The lowest BCUT2D eigenvalue weighted by molar-refractivity contribution is 1.17. The summed E-state index contributed by atoms with van der Waals surface area (Å²) in [5.74, 6) is 2.07. The van der Waals surface area contributed by atoms with Crippen LogP contribution >= 0.6 is 0 Å². The second-order valence-electron chi connectivity index (χ2n) is 36.4. The summed E-state index contributed by atoms with van der Waals surface area (Å²) in [6.45, 7) is 0.